The molecule has 2 saturated heterocycles. The van der Waals surface area contributed by atoms with Crippen LogP contribution in [0.1, 0.15) is 11.4 Å². The highest BCUT2D eigenvalue weighted by molar-refractivity contribution is 6.00. The van der Waals surface area contributed by atoms with Crippen LogP contribution in [-0.4, -0.2) is 82.1 Å². The quantitative estimate of drug-likeness (QED) is 0.126. The molecule has 0 aliphatic carbocycles. The molecule has 4 N–H and O–H groups in total. The normalized spacial score (nSPS) is 15.9. The third-order valence-electron chi connectivity index (χ3n) is 12.4. The zero-order chi connectivity index (χ0) is 37.0. The number of hydrogen-bond donors (Lipinski definition) is 4. The maximum Gasteiger partial charge on any atom is 0.0474 e. The number of hydrogen-bond acceptors (Lipinski definition) is 4. The molecule has 0 amide bonds. The van der Waals surface area contributed by atoms with E-state index >= 15 is 0 Å². The van der Waals surface area contributed by atoms with E-state index in [4.69, 9.17) is 0 Å². The third kappa shape index (κ3) is 5.84. The van der Waals surface area contributed by atoms with Crippen LogP contribution in [0.15, 0.2) is 134 Å². The average Bonchev–Trinajstić information content (AvgIpc) is 4.06. The number of piperazine rings is 2. The van der Waals surface area contributed by atoms with Crippen LogP contribution in [0.3, 0.4) is 0 Å². The Morgan fingerprint density at radius 3 is 1.23 bits per heavy atom. The molecule has 0 atom stereocenters. The Labute approximate surface area is 326 Å². The fourth-order valence-electron chi connectivity index (χ4n) is 9.53. The van der Waals surface area contributed by atoms with Gasteiger partial charge in [-0.1, -0.05) is 72.8 Å². The Balaban J connectivity index is 0.843. The maximum atomic E-state index is 3.84. The lowest BCUT2D eigenvalue weighted by Gasteiger charge is -2.36. The third-order valence-corrected chi connectivity index (χ3v) is 12.4. The molecule has 11 rings (SSSR count). The van der Waals surface area contributed by atoms with Crippen molar-refractivity contribution in [2.45, 2.75) is 13.1 Å². The van der Waals surface area contributed by atoms with Crippen LogP contribution in [0.4, 0.5) is 11.4 Å². The second kappa shape index (κ2) is 13.8. The minimum Gasteiger partial charge on any atom is -0.368 e. The summed E-state index contributed by atoms with van der Waals surface area (Å²) in [5.41, 5.74) is 15.2. The number of fused-ring (bicyclic) bond motifs is 4. The van der Waals surface area contributed by atoms with E-state index in [0.29, 0.717) is 0 Å². The molecule has 5 aromatic carbocycles. The van der Waals surface area contributed by atoms with E-state index in [-0.39, 0.29) is 0 Å². The molecule has 0 spiro atoms. The lowest BCUT2D eigenvalue weighted by molar-refractivity contribution is 0.248. The van der Waals surface area contributed by atoms with Crippen LogP contribution in [0.25, 0.3) is 65.9 Å². The highest BCUT2D eigenvalue weighted by atomic mass is 15.3. The number of nitrogens with one attached hydrogen (secondary N) is 4. The monoisotopic (exact) mass is 734 g/mol. The number of benzene rings is 5. The molecule has 0 saturated carbocycles. The molecule has 2 aliphatic heterocycles. The van der Waals surface area contributed by atoms with Crippen molar-refractivity contribution in [1.82, 2.24) is 29.7 Å². The van der Waals surface area contributed by atoms with Gasteiger partial charge in [0.05, 0.1) is 0 Å². The van der Waals surface area contributed by atoms with Gasteiger partial charge in [-0.05, 0) is 59.7 Å². The number of para-hydroxylation sites is 2. The highest BCUT2D eigenvalue weighted by Gasteiger charge is 2.24. The van der Waals surface area contributed by atoms with Gasteiger partial charge in [-0.25, -0.2) is 0 Å². The van der Waals surface area contributed by atoms with Crippen molar-refractivity contribution in [3.8, 4) is 22.3 Å². The van der Waals surface area contributed by atoms with E-state index < -0.39 is 0 Å². The van der Waals surface area contributed by atoms with Gasteiger partial charge in [0.2, 0.25) is 0 Å². The second-order valence-corrected chi connectivity index (χ2v) is 15.6. The first-order chi connectivity index (χ1) is 27.7. The lowest BCUT2D eigenvalue weighted by Crippen LogP contribution is -2.46. The van der Waals surface area contributed by atoms with E-state index in [1.54, 1.807) is 0 Å². The van der Waals surface area contributed by atoms with Gasteiger partial charge < -0.3 is 29.7 Å². The van der Waals surface area contributed by atoms with E-state index in [1.807, 2.05) is 12.4 Å². The van der Waals surface area contributed by atoms with Crippen LogP contribution in [0, 0.1) is 0 Å². The van der Waals surface area contributed by atoms with Crippen LogP contribution in [0.5, 0.6) is 0 Å². The van der Waals surface area contributed by atoms with E-state index in [0.717, 1.165) is 65.4 Å². The van der Waals surface area contributed by atoms with Crippen LogP contribution in [0.2, 0.25) is 0 Å². The summed E-state index contributed by atoms with van der Waals surface area (Å²) in [5, 5.41) is 5.19. The Morgan fingerprint density at radius 2 is 0.786 bits per heavy atom. The summed E-state index contributed by atoms with van der Waals surface area (Å²) in [5.74, 6) is 0. The topological polar surface area (TPSA) is 76.1 Å². The molecule has 56 heavy (non-hydrogen) atoms. The number of rotatable bonds is 8. The van der Waals surface area contributed by atoms with Crippen molar-refractivity contribution >= 4 is 55.0 Å². The zero-order valence-electron chi connectivity index (χ0n) is 31.6. The van der Waals surface area contributed by atoms with Gasteiger partial charge in [0.1, 0.15) is 0 Å². The molecule has 0 radical (unpaired) electrons. The summed E-state index contributed by atoms with van der Waals surface area (Å²) in [6.07, 6.45) is 4.09. The van der Waals surface area contributed by atoms with Crippen molar-refractivity contribution in [3.05, 3.63) is 145 Å². The first-order valence-electron chi connectivity index (χ1n) is 20.1. The number of nitrogens with zero attached hydrogens (tertiary/aromatic N) is 4. The summed E-state index contributed by atoms with van der Waals surface area (Å²) in [7, 11) is 0. The van der Waals surface area contributed by atoms with Gasteiger partial charge in [0.25, 0.3) is 0 Å². The number of anilines is 2. The average molecular weight is 735 g/mol. The predicted octanol–water partition coefficient (Wildman–Crippen LogP) is 9.59. The Kier molecular flexibility index (Phi) is 8.18. The first kappa shape index (κ1) is 33.1. The highest BCUT2D eigenvalue weighted by Crippen LogP contribution is 2.38. The molecule has 2 aliphatic rings. The molecule has 2 fully saturated rings. The standard InChI is InChI=1S/C48H46N8/c1-3-9-41-37(7-1)47(43(51-41)31-53-23-27-55(28-24-53)45-13-5-11-39-35(45)19-21-49-39)33-15-17-34(18-16-33)48-38-8-2-4-10-42(38)52-44(48)32-54-25-29-56(30-26-54)46-14-6-12-40-36(46)20-22-50-40/h1-22,49-52H,23-32H2. The lowest BCUT2D eigenvalue weighted by atomic mass is 9.96. The summed E-state index contributed by atoms with van der Waals surface area (Å²) in [6.45, 7) is 9.95. The number of aromatic nitrogens is 4. The fraction of sp³-hybridized carbons (Fsp3) is 0.208. The van der Waals surface area contributed by atoms with Gasteiger partial charge in [-0.15, -0.1) is 0 Å². The predicted molar refractivity (Wildman–Crippen MR) is 233 cm³/mol. The van der Waals surface area contributed by atoms with Crippen molar-refractivity contribution in [1.29, 1.82) is 0 Å². The minimum atomic E-state index is 0.897. The van der Waals surface area contributed by atoms with E-state index in [9.17, 15) is 0 Å². The summed E-state index contributed by atoms with van der Waals surface area (Å²) < 4.78 is 0. The molecule has 0 unspecified atom stereocenters. The number of H-pyrrole nitrogens is 4. The van der Waals surface area contributed by atoms with E-state index in [2.05, 4.69) is 161 Å². The van der Waals surface area contributed by atoms with Crippen molar-refractivity contribution in [2.75, 3.05) is 62.2 Å². The van der Waals surface area contributed by atoms with Crippen LogP contribution >= 0.6 is 0 Å². The van der Waals surface area contributed by atoms with Gasteiger partial charge in [-0.3, -0.25) is 9.80 Å². The summed E-state index contributed by atoms with van der Waals surface area (Å²) in [6, 6.07) is 44.5. The van der Waals surface area contributed by atoms with Crippen LogP contribution < -0.4 is 9.80 Å². The molecule has 8 nitrogen and oxygen atoms in total. The summed E-state index contributed by atoms with van der Waals surface area (Å²) >= 11 is 0. The second-order valence-electron chi connectivity index (χ2n) is 15.6. The van der Waals surface area contributed by atoms with Crippen LogP contribution in [-0.2, 0) is 13.1 Å². The molecule has 6 heterocycles. The van der Waals surface area contributed by atoms with E-state index in [1.165, 1.54) is 88.6 Å². The van der Waals surface area contributed by atoms with Crippen molar-refractivity contribution in [2.24, 2.45) is 0 Å². The molecular weight excluding hydrogens is 689 g/mol. The molecule has 9 aromatic rings. The fourth-order valence-corrected chi connectivity index (χ4v) is 9.53. The van der Waals surface area contributed by atoms with Gasteiger partial charge >= 0.3 is 0 Å². The minimum absolute atomic E-state index is 0.897. The molecule has 4 aromatic heterocycles. The number of aromatic amines is 4. The SMILES string of the molecule is c1cc(N2CCN(Cc3[nH]c4ccccc4c3-c3ccc(-c4c(CN5CCN(c6cccc7[nH]ccc67)CC5)[nH]c5ccccc45)cc3)CC2)c2cc[nH]c2c1. The van der Waals surface area contributed by atoms with Gasteiger partial charge in [0, 0.05) is 155 Å². The smallest absolute Gasteiger partial charge is 0.0474 e. The molecule has 278 valence electrons. The van der Waals surface area contributed by atoms with Gasteiger partial charge in [-0.2, -0.15) is 0 Å². The van der Waals surface area contributed by atoms with Crippen molar-refractivity contribution in [3.63, 3.8) is 0 Å². The molecular formula is C48H46N8. The largest absolute Gasteiger partial charge is 0.368 e. The maximum absolute atomic E-state index is 3.84. The Morgan fingerprint density at radius 1 is 0.375 bits per heavy atom. The zero-order valence-corrected chi connectivity index (χ0v) is 31.6. The Hall–Kier alpha value is -6.22. The van der Waals surface area contributed by atoms with Gasteiger partial charge in [0.15, 0.2) is 0 Å². The van der Waals surface area contributed by atoms with Crippen molar-refractivity contribution < 1.29 is 0 Å². The first-order valence-corrected chi connectivity index (χ1v) is 20.1. The summed E-state index contributed by atoms with van der Waals surface area (Å²) in [4.78, 5) is 24.7. The Bertz CT molecular complexity index is 2610. The molecule has 0 bridgehead atoms. The molecule has 8 heteroatoms.